The number of methoxy groups -OCH3 is 1. The molecule has 24 heavy (non-hydrogen) atoms. The molecule has 0 spiro atoms. The van der Waals surface area contributed by atoms with E-state index in [4.69, 9.17) is 4.74 Å². The zero-order chi connectivity index (χ0) is 17.7. The van der Waals surface area contributed by atoms with E-state index < -0.39 is 5.82 Å². The second kappa shape index (κ2) is 7.71. The van der Waals surface area contributed by atoms with Crippen LogP contribution in [0.3, 0.4) is 0 Å². The largest absolute Gasteiger partial charge is 0.492 e. The number of anilines is 1. The van der Waals surface area contributed by atoms with Crippen LogP contribution in [0.15, 0.2) is 47.6 Å². The third-order valence-electron chi connectivity index (χ3n) is 3.47. The van der Waals surface area contributed by atoms with E-state index in [2.05, 4.69) is 31.3 Å². The first-order valence-corrected chi connectivity index (χ1v) is 8.90. The predicted octanol–water partition coefficient (Wildman–Crippen LogP) is 5.64. The Hall–Kier alpha value is -2.01. The minimum atomic E-state index is -0.419. The maximum Gasteiger partial charge on any atom is 0.179 e. The number of ether oxygens (including phenoxy) is 1. The molecule has 0 amide bonds. The van der Waals surface area contributed by atoms with Gasteiger partial charge in [0.25, 0.3) is 0 Å². The highest BCUT2D eigenvalue weighted by Gasteiger charge is 2.19. The normalized spacial score (nSPS) is 12.2. The summed E-state index contributed by atoms with van der Waals surface area (Å²) in [7, 11) is 1.45. The van der Waals surface area contributed by atoms with Crippen molar-refractivity contribution in [3.8, 4) is 16.9 Å². The van der Waals surface area contributed by atoms with E-state index in [1.54, 1.807) is 11.8 Å². The molecule has 0 saturated carbocycles. The fraction of sp³-hybridized carbons (Fsp3) is 0.316. The monoisotopic (exact) mass is 346 g/mol. The van der Waals surface area contributed by atoms with Crippen LogP contribution in [0.1, 0.15) is 20.8 Å². The number of hydrazone groups is 1. The molecule has 0 radical (unpaired) electrons. The average molecular weight is 346 g/mol. The smallest absolute Gasteiger partial charge is 0.179 e. The Labute approximate surface area is 147 Å². The van der Waals surface area contributed by atoms with Crippen LogP contribution >= 0.6 is 11.8 Å². The van der Waals surface area contributed by atoms with Crippen molar-refractivity contribution in [1.82, 2.24) is 0 Å². The van der Waals surface area contributed by atoms with Crippen molar-refractivity contribution in [3.63, 3.8) is 0 Å². The molecule has 0 aliphatic rings. The molecule has 0 aromatic heterocycles. The predicted molar refractivity (Wildman–Crippen MR) is 102 cm³/mol. The lowest BCUT2D eigenvalue weighted by Crippen LogP contribution is -2.18. The van der Waals surface area contributed by atoms with Gasteiger partial charge in [0.05, 0.1) is 12.2 Å². The summed E-state index contributed by atoms with van der Waals surface area (Å²) in [4.78, 5) is 0. The summed E-state index contributed by atoms with van der Waals surface area (Å²) in [6.45, 7) is 6.26. The summed E-state index contributed by atoms with van der Waals surface area (Å²) in [5.74, 6) is -0.259. The van der Waals surface area contributed by atoms with E-state index >= 15 is 0 Å². The molecule has 3 nitrogen and oxygen atoms in total. The Morgan fingerprint density at radius 1 is 1.12 bits per heavy atom. The van der Waals surface area contributed by atoms with Gasteiger partial charge in [-0.2, -0.15) is 5.10 Å². The molecule has 128 valence electrons. The Kier molecular flexibility index (Phi) is 5.89. The van der Waals surface area contributed by atoms with Gasteiger partial charge in [-0.25, -0.2) is 4.39 Å². The van der Waals surface area contributed by atoms with Gasteiger partial charge >= 0.3 is 0 Å². The third-order valence-corrected chi connectivity index (χ3v) is 4.56. The van der Waals surface area contributed by atoms with Gasteiger partial charge < -0.3 is 4.74 Å². The second-order valence-electron chi connectivity index (χ2n) is 6.39. The maximum atomic E-state index is 14.4. The molecule has 0 saturated heterocycles. The Morgan fingerprint density at radius 2 is 1.79 bits per heavy atom. The molecule has 2 rings (SSSR count). The first kappa shape index (κ1) is 18.3. The fourth-order valence-corrected chi connectivity index (χ4v) is 3.06. The number of nitrogens with one attached hydrogen (secondary N) is 1. The molecule has 5 heteroatoms. The topological polar surface area (TPSA) is 33.6 Å². The van der Waals surface area contributed by atoms with E-state index in [1.807, 2.05) is 42.7 Å². The van der Waals surface area contributed by atoms with Gasteiger partial charge in [0.2, 0.25) is 0 Å². The summed E-state index contributed by atoms with van der Waals surface area (Å²) in [5, 5.41) is 5.38. The summed E-state index contributed by atoms with van der Waals surface area (Å²) in [5.41, 5.74) is 5.10. The van der Waals surface area contributed by atoms with Crippen molar-refractivity contribution in [3.05, 3.63) is 48.3 Å². The molecule has 0 aliphatic carbocycles. The van der Waals surface area contributed by atoms with Crippen LogP contribution in [0, 0.1) is 11.2 Å². The van der Waals surface area contributed by atoms with Crippen LogP contribution in [-0.2, 0) is 0 Å². The maximum absolute atomic E-state index is 14.4. The molecule has 2 aromatic rings. The number of rotatable bonds is 4. The van der Waals surface area contributed by atoms with Gasteiger partial charge in [-0.1, -0.05) is 51.1 Å². The quantitative estimate of drug-likeness (QED) is 0.442. The fourth-order valence-electron chi connectivity index (χ4n) is 2.31. The molecule has 2 aromatic carbocycles. The summed E-state index contributed by atoms with van der Waals surface area (Å²) in [6, 6.07) is 13.0. The van der Waals surface area contributed by atoms with Crippen LogP contribution in [0.5, 0.6) is 5.75 Å². The summed E-state index contributed by atoms with van der Waals surface area (Å²) < 4.78 is 19.6. The molecule has 0 fully saturated rings. The van der Waals surface area contributed by atoms with Crippen LogP contribution < -0.4 is 10.2 Å². The van der Waals surface area contributed by atoms with Crippen molar-refractivity contribution >= 4 is 22.5 Å². The van der Waals surface area contributed by atoms with Gasteiger partial charge in [-0.15, -0.1) is 11.8 Å². The highest BCUT2D eigenvalue weighted by atomic mass is 32.2. The van der Waals surface area contributed by atoms with Crippen molar-refractivity contribution in [2.24, 2.45) is 10.5 Å². The number of thioether (sulfide) groups is 1. The standard InChI is InChI=1S/C19H23FN2OS/c1-19(2,3)18(24-5)22-21-16-12-14(11-15(20)17(16)23-4)13-9-7-6-8-10-13/h6-12,21H,1-5H3. The molecule has 0 atom stereocenters. The number of hydrogen-bond donors (Lipinski definition) is 1. The van der Waals surface area contributed by atoms with Crippen LogP contribution in [0.2, 0.25) is 0 Å². The van der Waals surface area contributed by atoms with E-state index in [0.29, 0.717) is 5.69 Å². The Balaban J connectivity index is 2.45. The SMILES string of the molecule is COc1c(F)cc(-c2ccccc2)cc1NN=C(SC)C(C)(C)C. The third kappa shape index (κ3) is 4.29. The number of nitrogens with zero attached hydrogens (tertiary/aromatic N) is 1. The van der Waals surface area contributed by atoms with Gasteiger partial charge in [-0.3, -0.25) is 5.43 Å². The zero-order valence-corrected chi connectivity index (χ0v) is 15.5. The minimum absolute atomic E-state index is 0.0881. The molecule has 0 unspecified atom stereocenters. The second-order valence-corrected chi connectivity index (χ2v) is 7.18. The molecular formula is C19H23FN2OS. The summed E-state index contributed by atoms with van der Waals surface area (Å²) in [6.07, 6.45) is 1.98. The van der Waals surface area contributed by atoms with Crippen molar-refractivity contribution < 1.29 is 9.13 Å². The van der Waals surface area contributed by atoms with Crippen LogP contribution in [0.25, 0.3) is 11.1 Å². The highest BCUT2D eigenvalue weighted by molar-refractivity contribution is 8.13. The highest BCUT2D eigenvalue weighted by Crippen LogP contribution is 2.34. The van der Waals surface area contributed by atoms with E-state index in [9.17, 15) is 4.39 Å². The van der Waals surface area contributed by atoms with Crippen LogP contribution in [-0.4, -0.2) is 18.4 Å². The van der Waals surface area contributed by atoms with E-state index in [0.717, 1.165) is 16.2 Å². The van der Waals surface area contributed by atoms with Gasteiger partial charge in [0.15, 0.2) is 11.6 Å². The first-order chi connectivity index (χ1) is 11.4. The molecule has 0 heterocycles. The molecular weight excluding hydrogens is 323 g/mol. The van der Waals surface area contributed by atoms with Gasteiger partial charge in [-0.05, 0) is 29.5 Å². The van der Waals surface area contributed by atoms with Crippen molar-refractivity contribution in [2.45, 2.75) is 20.8 Å². The Morgan fingerprint density at radius 3 is 2.33 bits per heavy atom. The average Bonchev–Trinajstić information content (AvgIpc) is 2.54. The molecule has 0 bridgehead atoms. The van der Waals surface area contributed by atoms with E-state index in [1.165, 1.54) is 13.2 Å². The van der Waals surface area contributed by atoms with Gasteiger partial charge in [0, 0.05) is 5.41 Å². The Bertz CT molecular complexity index is 724. The lowest BCUT2D eigenvalue weighted by Gasteiger charge is -2.20. The van der Waals surface area contributed by atoms with Crippen LogP contribution in [0.4, 0.5) is 10.1 Å². The molecule has 0 aliphatic heterocycles. The van der Waals surface area contributed by atoms with Gasteiger partial charge in [0.1, 0.15) is 5.69 Å². The number of halogens is 1. The first-order valence-electron chi connectivity index (χ1n) is 7.68. The molecule has 1 N–H and O–H groups in total. The van der Waals surface area contributed by atoms with E-state index in [-0.39, 0.29) is 11.2 Å². The zero-order valence-electron chi connectivity index (χ0n) is 14.7. The number of hydrogen-bond acceptors (Lipinski definition) is 4. The minimum Gasteiger partial charge on any atom is -0.492 e. The number of benzene rings is 2. The summed E-state index contributed by atoms with van der Waals surface area (Å²) >= 11 is 1.57. The lowest BCUT2D eigenvalue weighted by atomic mass is 9.99. The van der Waals surface area contributed by atoms with Crippen molar-refractivity contribution in [2.75, 3.05) is 18.8 Å². The van der Waals surface area contributed by atoms with Crippen molar-refractivity contribution in [1.29, 1.82) is 0 Å². The lowest BCUT2D eigenvalue weighted by molar-refractivity contribution is 0.388.